The van der Waals surface area contributed by atoms with Crippen molar-refractivity contribution in [2.24, 2.45) is 11.8 Å². The molecule has 0 radical (unpaired) electrons. The van der Waals surface area contributed by atoms with E-state index in [2.05, 4.69) is 18.3 Å². The van der Waals surface area contributed by atoms with Gasteiger partial charge in [0.2, 0.25) is 0 Å². The molecule has 1 aliphatic carbocycles. The van der Waals surface area contributed by atoms with Crippen molar-refractivity contribution in [1.29, 1.82) is 5.26 Å². The molecule has 0 heterocycles. The number of hydrogen-bond donors (Lipinski definition) is 1. The van der Waals surface area contributed by atoms with Crippen molar-refractivity contribution in [3.8, 4) is 6.07 Å². The standard InChI is InChI=1S/C12H22N2/c1-10(8-13)9-14-11(2)12-6-4-3-5-7-12/h10-12,14H,3-7,9H2,1-2H3/t10?,11-/m1/s1. The third-order valence-electron chi connectivity index (χ3n) is 3.32. The van der Waals surface area contributed by atoms with E-state index in [0.717, 1.165) is 12.5 Å². The molecule has 2 atom stereocenters. The first-order valence-corrected chi connectivity index (χ1v) is 5.87. The highest BCUT2D eigenvalue weighted by Gasteiger charge is 2.19. The van der Waals surface area contributed by atoms with Crippen LogP contribution < -0.4 is 5.32 Å². The summed E-state index contributed by atoms with van der Waals surface area (Å²) in [5.41, 5.74) is 0. The minimum atomic E-state index is 0.140. The lowest BCUT2D eigenvalue weighted by Gasteiger charge is -2.28. The summed E-state index contributed by atoms with van der Waals surface area (Å²) in [5, 5.41) is 12.1. The molecule has 2 heteroatoms. The Bertz CT molecular complexity index is 189. The van der Waals surface area contributed by atoms with Crippen LogP contribution in [0.15, 0.2) is 0 Å². The van der Waals surface area contributed by atoms with Crippen LogP contribution in [0.5, 0.6) is 0 Å². The molecule has 0 spiro atoms. The summed E-state index contributed by atoms with van der Waals surface area (Å²) >= 11 is 0. The van der Waals surface area contributed by atoms with E-state index in [1.165, 1.54) is 32.1 Å². The largest absolute Gasteiger partial charge is 0.313 e. The van der Waals surface area contributed by atoms with Crippen molar-refractivity contribution in [2.75, 3.05) is 6.54 Å². The average Bonchev–Trinajstić information content (AvgIpc) is 2.26. The fourth-order valence-corrected chi connectivity index (χ4v) is 2.21. The van der Waals surface area contributed by atoms with Gasteiger partial charge < -0.3 is 5.32 Å². The lowest BCUT2D eigenvalue weighted by Crippen LogP contribution is -2.36. The maximum atomic E-state index is 8.67. The molecule has 0 aliphatic heterocycles. The van der Waals surface area contributed by atoms with Crippen molar-refractivity contribution in [2.45, 2.75) is 52.0 Å². The fraction of sp³-hybridized carbons (Fsp3) is 0.917. The molecule has 0 bridgehead atoms. The summed E-state index contributed by atoms with van der Waals surface area (Å²) in [4.78, 5) is 0. The average molecular weight is 194 g/mol. The first-order valence-electron chi connectivity index (χ1n) is 5.87. The zero-order valence-electron chi connectivity index (χ0n) is 9.42. The van der Waals surface area contributed by atoms with Crippen LogP contribution in [0.4, 0.5) is 0 Å². The Morgan fingerprint density at radius 3 is 2.50 bits per heavy atom. The summed E-state index contributed by atoms with van der Waals surface area (Å²) in [5.74, 6) is 0.982. The van der Waals surface area contributed by atoms with Crippen LogP contribution in [0.2, 0.25) is 0 Å². The number of hydrogen-bond acceptors (Lipinski definition) is 2. The summed E-state index contributed by atoms with van der Waals surface area (Å²) in [6.45, 7) is 5.08. The third kappa shape index (κ3) is 3.67. The highest BCUT2D eigenvalue weighted by Crippen LogP contribution is 2.26. The Labute approximate surface area is 87.7 Å². The van der Waals surface area contributed by atoms with E-state index in [4.69, 9.17) is 5.26 Å². The Kier molecular flexibility index (Phi) is 4.97. The molecule has 0 aromatic carbocycles. The molecule has 1 N–H and O–H groups in total. The first kappa shape index (κ1) is 11.5. The summed E-state index contributed by atoms with van der Waals surface area (Å²) in [7, 11) is 0. The Morgan fingerprint density at radius 2 is 1.93 bits per heavy atom. The van der Waals surface area contributed by atoms with Crippen molar-refractivity contribution in [3.63, 3.8) is 0 Å². The van der Waals surface area contributed by atoms with Gasteiger partial charge in [-0.1, -0.05) is 19.3 Å². The van der Waals surface area contributed by atoms with Crippen molar-refractivity contribution in [3.05, 3.63) is 0 Å². The lowest BCUT2D eigenvalue weighted by atomic mass is 9.84. The van der Waals surface area contributed by atoms with Gasteiger partial charge in [0.1, 0.15) is 0 Å². The van der Waals surface area contributed by atoms with Crippen LogP contribution in [0.1, 0.15) is 46.0 Å². The van der Waals surface area contributed by atoms with Gasteiger partial charge in [-0.15, -0.1) is 0 Å². The molecule has 80 valence electrons. The van der Waals surface area contributed by atoms with Crippen molar-refractivity contribution < 1.29 is 0 Å². The summed E-state index contributed by atoms with van der Waals surface area (Å²) in [6.07, 6.45) is 6.94. The quantitative estimate of drug-likeness (QED) is 0.747. The second kappa shape index (κ2) is 6.03. The highest BCUT2D eigenvalue weighted by molar-refractivity contribution is 4.83. The van der Waals surface area contributed by atoms with Gasteiger partial charge in [-0.3, -0.25) is 0 Å². The number of nitrogens with zero attached hydrogens (tertiary/aromatic N) is 1. The molecular formula is C12H22N2. The third-order valence-corrected chi connectivity index (χ3v) is 3.32. The van der Waals surface area contributed by atoms with E-state index < -0.39 is 0 Å². The lowest BCUT2D eigenvalue weighted by molar-refractivity contribution is 0.278. The van der Waals surface area contributed by atoms with E-state index in [9.17, 15) is 0 Å². The van der Waals surface area contributed by atoms with Crippen LogP contribution in [-0.2, 0) is 0 Å². The van der Waals surface area contributed by atoms with Gasteiger partial charge in [-0.25, -0.2) is 0 Å². The van der Waals surface area contributed by atoms with Gasteiger partial charge in [-0.2, -0.15) is 5.26 Å². The van der Waals surface area contributed by atoms with Gasteiger partial charge in [0.05, 0.1) is 12.0 Å². The van der Waals surface area contributed by atoms with Crippen LogP contribution >= 0.6 is 0 Å². The second-order valence-corrected chi connectivity index (χ2v) is 4.63. The van der Waals surface area contributed by atoms with Crippen molar-refractivity contribution in [1.82, 2.24) is 5.32 Å². The molecule has 1 aliphatic rings. The number of nitriles is 1. The maximum absolute atomic E-state index is 8.67. The van der Waals surface area contributed by atoms with Gasteiger partial charge in [0.15, 0.2) is 0 Å². The van der Waals surface area contributed by atoms with E-state index in [0.29, 0.717) is 6.04 Å². The van der Waals surface area contributed by atoms with Crippen LogP contribution in [0.3, 0.4) is 0 Å². The SMILES string of the molecule is CC(C#N)CN[C@H](C)C1CCCCC1. The minimum absolute atomic E-state index is 0.140. The summed E-state index contributed by atoms with van der Waals surface area (Å²) in [6, 6.07) is 2.85. The van der Waals surface area contributed by atoms with E-state index in [1.807, 2.05) is 6.92 Å². The molecular weight excluding hydrogens is 172 g/mol. The molecule has 1 saturated carbocycles. The molecule has 1 fully saturated rings. The Morgan fingerprint density at radius 1 is 1.29 bits per heavy atom. The normalized spacial score (nSPS) is 22.6. The molecule has 1 unspecified atom stereocenters. The predicted molar refractivity (Wildman–Crippen MR) is 58.8 cm³/mol. The van der Waals surface area contributed by atoms with E-state index in [-0.39, 0.29) is 5.92 Å². The zero-order chi connectivity index (χ0) is 10.4. The number of nitrogens with one attached hydrogen (secondary N) is 1. The fourth-order valence-electron chi connectivity index (χ4n) is 2.21. The zero-order valence-corrected chi connectivity index (χ0v) is 9.42. The van der Waals surface area contributed by atoms with E-state index >= 15 is 0 Å². The molecule has 1 rings (SSSR count). The van der Waals surface area contributed by atoms with Gasteiger partial charge >= 0.3 is 0 Å². The Hall–Kier alpha value is -0.550. The summed E-state index contributed by atoms with van der Waals surface area (Å²) < 4.78 is 0. The monoisotopic (exact) mass is 194 g/mol. The van der Waals surface area contributed by atoms with Crippen molar-refractivity contribution >= 4 is 0 Å². The molecule has 0 amide bonds. The second-order valence-electron chi connectivity index (χ2n) is 4.63. The van der Waals surface area contributed by atoms with Gasteiger partial charge in [-0.05, 0) is 32.6 Å². The molecule has 0 aromatic rings. The predicted octanol–water partition coefficient (Wildman–Crippen LogP) is 2.70. The molecule has 14 heavy (non-hydrogen) atoms. The molecule has 2 nitrogen and oxygen atoms in total. The smallest absolute Gasteiger partial charge is 0.0666 e. The highest BCUT2D eigenvalue weighted by atomic mass is 14.9. The van der Waals surface area contributed by atoms with Crippen LogP contribution in [0, 0.1) is 23.2 Å². The minimum Gasteiger partial charge on any atom is -0.313 e. The van der Waals surface area contributed by atoms with Gasteiger partial charge in [0.25, 0.3) is 0 Å². The topological polar surface area (TPSA) is 35.8 Å². The molecule has 0 aromatic heterocycles. The number of rotatable bonds is 4. The first-order chi connectivity index (χ1) is 6.74. The van der Waals surface area contributed by atoms with Gasteiger partial charge in [0, 0.05) is 12.6 Å². The van der Waals surface area contributed by atoms with E-state index in [1.54, 1.807) is 0 Å². The van der Waals surface area contributed by atoms with Crippen LogP contribution in [-0.4, -0.2) is 12.6 Å². The maximum Gasteiger partial charge on any atom is 0.0666 e. The molecule has 0 saturated heterocycles. The van der Waals surface area contributed by atoms with Crippen LogP contribution in [0.25, 0.3) is 0 Å². The Balaban J connectivity index is 2.20.